The standard InChI is InChI=1S/C12H12N2O/c1-2-8-5-9(7-10(13)6-8)12(15)14-11-3-4-11/h1,5-7,11H,3-4,13H2,(H,14,15). The van der Waals surface area contributed by atoms with E-state index in [4.69, 9.17) is 12.2 Å². The number of nitrogens with one attached hydrogen (secondary N) is 1. The van der Waals surface area contributed by atoms with Gasteiger partial charge >= 0.3 is 0 Å². The van der Waals surface area contributed by atoms with Crippen LogP contribution in [0.3, 0.4) is 0 Å². The van der Waals surface area contributed by atoms with Gasteiger partial charge in [-0.15, -0.1) is 6.42 Å². The zero-order valence-electron chi connectivity index (χ0n) is 8.29. The Morgan fingerprint density at radius 1 is 1.47 bits per heavy atom. The van der Waals surface area contributed by atoms with E-state index in [9.17, 15) is 4.79 Å². The van der Waals surface area contributed by atoms with Gasteiger partial charge in [-0.05, 0) is 31.0 Å². The van der Waals surface area contributed by atoms with Crippen molar-refractivity contribution in [3.05, 3.63) is 29.3 Å². The fraction of sp³-hybridized carbons (Fsp3) is 0.250. The molecule has 1 amide bonds. The minimum Gasteiger partial charge on any atom is -0.399 e. The summed E-state index contributed by atoms with van der Waals surface area (Å²) in [7, 11) is 0. The highest BCUT2D eigenvalue weighted by molar-refractivity contribution is 5.95. The topological polar surface area (TPSA) is 55.1 Å². The van der Waals surface area contributed by atoms with Crippen LogP contribution in [0.1, 0.15) is 28.8 Å². The number of hydrogen-bond acceptors (Lipinski definition) is 2. The molecule has 0 spiro atoms. The number of rotatable bonds is 2. The average molecular weight is 200 g/mol. The van der Waals surface area contributed by atoms with Crippen LogP contribution < -0.4 is 11.1 Å². The molecule has 1 aliphatic rings. The molecular formula is C12H12N2O. The predicted octanol–water partition coefficient (Wildman–Crippen LogP) is 1.14. The van der Waals surface area contributed by atoms with E-state index in [1.54, 1.807) is 18.2 Å². The largest absolute Gasteiger partial charge is 0.399 e. The number of anilines is 1. The van der Waals surface area contributed by atoms with Crippen LogP contribution in [0, 0.1) is 12.3 Å². The van der Waals surface area contributed by atoms with Crippen LogP contribution in [0.25, 0.3) is 0 Å². The molecule has 1 aliphatic carbocycles. The van der Waals surface area contributed by atoms with Gasteiger partial charge in [0.05, 0.1) is 0 Å². The summed E-state index contributed by atoms with van der Waals surface area (Å²) in [6.07, 6.45) is 7.40. The summed E-state index contributed by atoms with van der Waals surface area (Å²) in [6, 6.07) is 5.33. The van der Waals surface area contributed by atoms with Crippen molar-refractivity contribution in [2.75, 3.05) is 5.73 Å². The van der Waals surface area contributed by atoms with Crippen LogP contribution in [0.2, 0.25) is 0 Å². The molecule has 0 radical (unpaired) electrons. The molecule has 0 bridgehead atoms. The molecule has 1 aromatic rings. The number of hydrogen-bond donors (Lipinski definition) is 2. The molecule has 3 N–H and O–H groups in total. The molecule has 76 valence electrons. The molecule has 1 fully saturated rings. The molecule has 0 heterocycles. The number of carbonyl (C=O) groups is 1. The van der Waals surface area contributed by atoms with Gasteiger partial charge in [0.15, 0.2) is 0 Å². The lowest BCUT2D eigenvalue weighted by atomic mass is 10.1. The summed E-state index contributed by atoms with van der Waals surface area (Å²) in [5.41, 5.74) is 7.34. The highest BCUT2D eigenvalue weighted by atomic mass is 16.1. The summed E-state index contributed by atoms with van der Waals surface area (Å²) >= 11 is 0. The first kappa shape index (κ1) is 9.60. The molecule has 1 saturated carbocycles. The molecule has 0 unspecified atom stereocenters. The third kappa shape index (κ3) is 2.29. The molecule has 3 heteroatoms. The Labute approximate surface area is 88.7 Å². The fourth-order valence-electron chi connectivity index (χ4n) is 1.36. The Balaban J connectivity index is 2.22. The SMILES string of the molecule is C#Cc1cc(N)cc(C(=O)NC2CC2)c1. The van der Waals surface area contributed by atoms with Crippen LogP contribution in [-0.4, -0.2) is 11.9 Å². The second-order valence-electron chi connectivity index (χ2n) is 3.74. The van der Waals surface area contributed by atoms with Gasteiger partial charge in [-0.2, -0.15) is 0 Å². The Bertz CT molecular complexity index is 441. The van der Waals surface area contributed by atoms with Gasteiger partial charge in [-0.1, -0.05) is 5.92 Å². The van der Waals surface area contributed by atoms with Crippen LogP contribution >= 0.6 is 0 Å². The van der Waals surface area contributed by atoms with Crippen LogP contribution in [0.4, 0.5) is 5.69 Å². The molecule has 0 aliphatic heterocycles. The maximum absolute atomic E-state index is 11.7. The Morgan fingerprint density at radius 2 is 2.20 bits per heavy atom. The minimum absolute atomic E-state index is 0.0960. The highest BCUT2D eigenvalue weighted by Gasteiger charge is 2.23. The summed E-state index contributed by atoms with van der Waals surface area (Å²) in [4.78, 5) is 11.7. The van der Waals surface area contributed by atoms with Gasteiger partial charge in [0.25, 0.3) is 5.91 Å². The van der Waals surface area contributed by atoms with Crippen molar-refractivity contribution in [1.82, 2.24) is 5.32 Å². The van der Waals surface area contributed by atoms with Gasteiger partial charge in [0.1, 0.15) is 0 Å². The van der Waals surface area contributed by atoms with E-state index in [1.165, 1.54) is 0 Å². The summed E-state index contributed by atoms with van der Waals surface area (Å²) in [5, 5.41) is 2.89. The van der Waals surface area contributed by atoms with Gasteiger partial charge < -0.3 is 11.1 Å². The lowest BCUT2D eigenvalue weighted by Gasteiger charge is -2.05. The highest BCUT2D eigenvalue weighted by Crippen LogP contribution is 2.20. The van der Waals surface area contributed by atoms with Crippen molar-refractivity contribution in [3.63, 3.8) is 0 Å². The number of nitrogens with two attached hydrogens (primary N) is 1. The second-order valence-corrected chi connectivity index (χ2v) is 3.74. The molecule has 3 nitrogen and oxygen atoms in total. The minimum atomic E-state index is -0.0960. The van der Waals surface area contributed by atoms with Crippen molar-refractivity contribution < 1.29 is 4.79 Å². The van der Waals surface area contributed by atoms with Gasteiger partial charge in [0.2, 0.25) is 0 Å². The van der Waals surface area contributed by atoms with E-state index in [0.717, 1.165) is 12.8 Å². The lowest BCUT2D eigenvalue weighted by molar-refractivity contribution is 0.0951. The zero-order chi connectivity index (χ0) is 10.8. The normalized spacial score (nSPS) is 14.3. The van der Waals surface area contributed by atoms with E-state index < -0.39 is 0 Å². The van der Waals surface area contributed by atoms with E-state index in [2.05, 4.69) is 11.2 Å². The molecule has 0 atom stereocenters. The molecule has 0 aromatic heterocycles. The first-order valence-corrected chi connectivity index (χ1v) is 4.87. The second kappa shape index (κ2) is 3.66. The van der Waals surface area contributed by atoms with Crippen molar-refractivity contribution >= 4 is 11.6 Å². The third-order valence-electron chi connectivity index (χ3n) is 2.30. The molecule has 1 aromatic carbocycles. The van der Waals surface area contributed by atoms with Gasteiger partial charge in [0, 0.05) is 22.9 Å². The predicted molar refractivity (Wildman–Crippen MR) is 59.3 cm³/mol. The smallest absolute Gasteiger partial charge is 0.251 e. The molecular weight excluding hydrogens is 188 g/mol. The van der Waals surface area contributed by atoms with Crippen molar-refractivity contribution in [2.24, 2.45) is 0 Å². The van der Waals surface area contributed by atoms with Crippen LogP contribution in [0.5, 0.6) is 0 Å². The van der Waals surface area contributed by atoms with Crippen molar-refractivity contribution in [3.8, 4) is 12.3 Å². The number of benzene rings is 1. The summed E-state index contributed by atoms with van der Waals surface area (Å²) in [6.45, 7) is 0. The monoisotopic (exact) mass is 200 g/mol. The number of nitrogen functional groups attached to an aromatic ring is 1. The third-order valence-corrected chi connectivity index (χ3v) is 2.30. The van der Waals surface area contributed by atoms with Crippen LogP contribution in [0.15, 0.2) is 18.2 Å². The summed E-state index contributed by atoms with van der Waals surface area (Å²) < 4.78 is 0. The van der Waals surface area contributed by atoms with Crippen LogP contribution in [-0.2, 0) is 0 Å². The number of amides is 1. The van der Waals surface area contributed by atoms with E-state index in [-0.39, 0.29) is 5.91 Å². The Kier molecular flexibility index (Phi) is 2.34. The van der Waals surface area contributed by atoms with E-state index in [1.807, 2.05) is 0 Å². The van der Waals surface area contributed by atoms with Crippen molar-refractivity contribution in [2.45, 2.75) is 18.9 Å². The van der Waals surface area contributed by atoms with E-state index >= 15 is 0 Å². The Hall–Kier alpha value is -1.95. The first-order valence-electron chi connectivity index (χ1n) is 4.87. The maximum Gasteiger partial charge on any atom is 0.251 e. The maximum atomic E-state index is 11.7. The number of carbonyl (C=O) groups excluding carboxylic acids is 1. The average Bonchev–Trinajstić information content (AvgIpc) is 3.00. The number of terminal acetylenes is 1. The molecule has 0 saturated heterocycles. The van der Waals surface area contributed by atoms with Gasteiger partial charge in [-0.25, -0.2) is 0 Å². The lowest BCUT2D eigenvalue weighted by Crippen LogP contribution is -2.25. The van der Waals surface area contributed by atoms with E-state index in [0.29, 0.717) is 22.9 Å². The quantitative estimate of drug-likeness (QED) is 0.555. The molecule has 15 heavy (non-hydrogen) atoms. The fourth-order valence-corrected chi connectivity index (χ4v) is 1.36. The summed E-state index contributed by atoms with van der Waals surface area (Å²) in [5.74, 6) is 2.38. The zero-order valence-corrected chi connectivity index (χ0v) is 8.29. The molecule has 2 rings (SSSR count). The Morgan fingerprint density at radius 3 is 2.80 bits per heavy atom. The first-order chi connectivity index (χ1) is 7.19. The van der Waals surface area contributed by atoms with Gasteiger partial charge in [-0.3, -0.25) is 4.79 Å². The van der Waals surface area contributed by atoms with Crippen molar-refractivity contribution in [1.29, 1.82) is 0 Å².